The van der Waals surface area contributed by atoms with Crippen molar-refractivity contribution < 1.29 is 14.3 Å². The number of benzene rings is 1. The molecule has 2 heterocycles. The highest BCUT2D eigenvalue weighted by molar-refractivity contribution is 5.86. The minimum absolute atomic E-state index is 0.0421. The fourth-order valence-corrected chi connectivity index (χ4v) is 3.00. The zero-order valence-electron chi connectivity index (χ0n) is 16.0. The Morgan fingerprint density at radius 2 is 2.14 bits per heavy atom. The number of amides is 1. The molecule has 3 rings (SSSR count). The number of ether oxygens (including phenoxy) is 1. The molecule has 0 spiro atoms. The summed E-state index contributed by atoms with van der Waals surface area (Å²) in [5.41, 5.74) is 1.90. The van der Waals surface area contributed by atoms with E-state index in [9.17, 15) is 9.59 Å². The molecule has 0 radical (unpaired) electrons. The second-order valence-corrected chi connectivity index (χ2v) is 6.60. The Kier molecular flexibility index (Phi) is 6.36. The van der Waals surface area contributed by atoms with Gasteiger partial charge in [-0.25, -0.2) is 9.48 Å². The van der Waals surface area contributed by atoms with Crippen molar-refractivity contribution in [1.82, 2.24) is 30.5 Å². The van der Waals surface area contributed by atoms with Crippen molar-refractivity contribution in [3.63, 3.8) is 0 Å². The van der Waals surface area contributed by atoms with E-state index in [1.54, 1.807) is 4.68 Å². The summed E-state index contributed by atoms with van der Waals surface area (Å²) in [5, 5.41) is 15.1. The number of aryl methyl sites for hydroxylation is 1. The molecular weight excluding hydrogens is 360 g/mol. The Morgan fingerprint density at radius 3 is 2.93 bits per heavy atom. The van der Waals surface area contributed by atoms with E-state index >= 15 is 0 Å². The van der Waals surface area contributed by atoms with Crippen LogP contribution in [0.5, 0.6) is 0 Å². The number of carbonyl (C=O) groups excluding carboxylic acids is 2. The molecular formula is C19H24N6O3. The number of nitrogens with one attached hydrogen (secondary N) is 2. The third kappa shape index (κ3) is 4.73. The van der Waals surface area contributed by atoms with E-state index in [1.165, 1.54) is 6.92 Å². The summed E-state index contributed by atoms with van der Waals surface area (Å²) in [7, 11) is 0. The summed E-state index contributed by atoms with van der Waals surface area (Å²) in [6.45, 7) is 4.08. The number of fused-ring (bicyclic) bond motifs is 1. The average molecular weight is 384 g/mol. The third-order valence-corrected chi connectivity index (χ3v) is 4.43. The zero-order valence-corrected chi connectivity index (χ0v) is 16.0. The summed E-state index contributed by atoms with van der Waals surface area (Å²) in [5.74, 6) is -0.337. The Morgan fingerprint density at radius 1 is 1.32 bits per heavy atom. The third-order valence-electron chi connectivity index (χ3n) is 4.43. The van der Waals surface area contributed by atoms with Crippen molar-refractivity contribution in [1.29, 1.82) is 0 Å². The zero-order chi connectivity index (χ0) is 19.9. The number of hydrogen-bond donors (Lipinski definition) is 2. The van der Waals surface area contributed by atoms with Crippen molar-refractivity contribution in [3.05, 3.63) is 41.9 Å². The number of rotatable bonds is 9. The van der Waals surface area contributed by atoms with Crippen LogP contribution in [0.4, 0.5) is 0 Å². The first kappa shape index (κ1) is 19.5. The highest BCUT2D eigenvalue weighted by atomic mass is 16.5. The lowest BCUT2D eigenvalue weighted by Crippen LogP contribution is -2.42. The number of aromatic amines is 1. The Labute approximate surface area is 162 Å². The number of unbranched alkanes of at least 4 members (excludes halogenated alkanes) is 1. The van der Waals surface area contributed by atoms with Crippen molar-refractivity contribution >= 4 is 22.8 Å². The second kappa shape index (κ2) is 9.12. The number of nitrogens with zero attached hydrogens (tertiary/aromatic N) is 4. The van der Waals surface area contributed by atoms with Gasteiger partial charge in [0.2, 0.25) is 5.91 Å². The second-order valence-electron chi connectivity index (χ2n) is 6.60. The summed E-state index contributed by atoms with van der Waals surface area (Å²) in [6.07, 6.45) is 4.11. The van der Waals surface area contributed by atoms with Crippen LogP contribution in [0.3, 0.4) is 0 Å². The Bertz CT molecular complexity index is 948. The van der Waals surface area contributed by atoms with Crippen LogP contribution in [0.15, 0.2) is 30.5 Å². The highest BCUT2D eigenvalue weighted by Gasteiger charge is 2.23. The van der Waals surface area contributed by atoms with Crippen molar-refractivity contribution in [2.75, 3.05) is 0 Å². The standard InChI is InChI=1S/C19H24N6O3/c1-3-4-9-25-18(22-23-24-25)12-28-19(27)17(21-13(2)26)10-14-11-20-16-8-6-5-7-15(14)16/h5-8,11,17,20H,3-4,9-10,12H2,1-2H3,(H,21,26). The number of hydrogen-bond acceptors (Lipinski definition) is 6. The molecule has 1 unspecified atom stereocenters. The van der Waals surface area contributed by atoms with Crippen LogP contribution >= 0.6 is 0 Å². The van der Waals surface area contributed by atoms with Crippen molar-refractivity contribution in [2.24, 2.45) is 0 Å². The summed E-state index contributed by atoms with van der Waals surface area (Å²) in [6, 6.07) is 7.00. The van der Waals surface area contributed by atoms with Gasteiger partial charge in [-0.15, -0.1) is 5.10 Å². The van der Waals surface area contributed by atoms with Gasteiger partial charge in [0, 0.05) is 37.0 Å². The van der Waals surface area contributed by atoms with Crippen LogP contribution in [0.2, 0.25) is 0 Å². The SMILES string of the molecule is CCCCn1nnnc1COC(=O)C(Cc1c[nH]c2ccccc12)NC(C)=O. The molecule has 2 N–H and O–H groups in total. The van der Waals surface area contributed by atoms with Gasteiger partial charge < -0.3 is 15.0 Å². The van der Waals surface area contributed by atoms with Gasteiger partial charge in [0.05, 0.1) is 0 Å². The lowest BCUT2D eigenvalue weighted by Gasteiger charge is -2.16. The van der Waals surface area contributed by atoms with Gasteiger partial charge in [-0.3, -0.25) is 4.79 Å². The predicted molar refractivity (Wildman–Crippen MR) is 102 cm³/mol. The Hall–Kier alpha value is -3.23. The first-order valence-electron chi connectivity index (χ1n) is 9.32. The minimum Gasteiger partial charge on any atom is -0.456 e. The fourth-order valence-electron chi connectivity index (χ4n) is 3.00. The van der Waals surface area contributed by atoms with E-state index in [1.807, 2.05) is 30.5 Å². The van der Waals surface area contributed by atoms with Crippen molar-refractivity contribution in [2.45, 2.75) is 52.3 Å². The molecule has 28 heavy (non-hydrogen) atoms. The summed E-state index contributed by atoms with van der Waals surface area (Å²) >= 11 is 0. The molecule has 148 valence electrons. The first-order chi connectivity index (χ1) is 13.6. The van der Waals surface area contributed by atoms with Crippen LogP contribution in [-0.4, -0.2) is 43.1 Å². The van der Waals surface area contributed by atoms with E-state index in [4.69, 9.17) is 4.74 Å². The van der Waals surface area contributed by atoms with E-state index < -0.39 is 12.0 Å². The van der Waals surface area contributed by atoms with Gasteiger partial charge in [0.25, 0.3) is 0 Å². The molecule has 0 saturated heterocycles. The quantitative estimate of drug-likeness (QED) is 0.543. The summed E-state index contributed by atoms with van der Waals surface area (Å²) < 4.78 is 7.03. The normalized spacial score (nSPS) is 12.1. The molecule has 0 aliphatic heterocycles. The monoisotopic (exact) mass is 384 g/mol. The number of carbonyl (C=O) groups is 2. The largest absolute Gasteiger partial charge is 0.456 e. The first-order valence-corrected chi connectivity index (χ1v) is 9.32. The number of aromatic nitrogens is 5. The Balaban J connectivity index is 1.68. The van der Waals surface area contributed by atoms with E-state index in [-0.39, 0.29) is 12.5 Å². The molecule has 1 aromatic carbocycles. The smallest absolute Gasteiger partial charge is 0.329 e. The van der Waals surface area contributed by atoms with Gasteiger partial charge in [0.15, 0.2) is 12.4 Å². The van der Waals surface area contributed by atoms with E-state index in [2.05, 4.69) is 32.7 Å². The lowest BCUT2D eigenvalue weighted by atomic mass is 10.0. The van der Waals surface area contributed by atoms with Crippen LogP contribution < -0.4 is 5.32 Å². The molecule has 1 atom stereocenters. The van der Waals surface area contributed by atoms with Gasteiger partial charge in [0.1, 0.15) is 6.04 Å². The van der Waals surface area contributed by atoms with Gasteiger partial charge >= 0.3 is 5.97 Å². The fraction of sp³-hybridized carbons (Fsp3) is 0.421. The summed E-state index contributed by atoms with van der Waals surface area (Å²) in [4.78, 5) is 27.4. The molecule has 9 nitrogen and oxygen atoms in total. The number of tetrazole rings is 1. The number of para-hydroxylation sites is 1. The molecule has 0 aliphatic rings. The predicted octanol–water partition coefficient (Wildman–Crippen LogP) is 1.75. The molecule has 1 amide bonds. The van der Waals surface area contributed by atoms with Gasteiger partial charge in [-0.2, -0.15) is 0 Å². The molecule has 9 heteroatoms. The van der Waals surface area contributed by atoms with Gasteiger partial charge in [-0.1, -0.05) is 31.5 Å². The molecule has 0 aliphatic carbocycles. The average Bonchev–Trinajstić information content (AvgIpc) is 3.30. The maximum Gasteiger partial charge on any atom is 0.329 e. The lowest BCUT2D eigenvalue weighted by molar-refractivity contribution is -0.149. The molecule has 0 bridgehead atoms. The number of esters is 1. The molecule has 0 fully saturated rings. The molecule has 2 aromatic heterocycles. The molecule has 3 aromatic rings. The maximum absolute atomic E-state index is 12.6. The maximum atomic E-state index is 12.6. The number of H-pyrrole nitrogens is 1. The van der Waals surface area contributed by atoms with E-state index in [0.717, 1.165) is 29.3 Å². The van der Waals surface area contributed by atoms with Crippen LogP contribution in [0.25, 0.3) is 10.9 Å². The highest BCUT2D eigenvalue weighted by Crippen LogP contribution is 2.19. The topological polar surface area (TPSA) is 115 Å². The van der Waals surface area contributed by atoms with Crippen LogP contribution in [0.1, 0.15) is 38.1 Å². The van der Waals surface area contributed by atoms with Crippen LogP contribution in [0, 0.1) is 0 Å². The van der Waals surface area contributed by atoms with E-state index in [0.29, 0.717) is 18.8 Å². The van der Waals surface area contributed by atoms with Crippen LogP contribution in [-0.2, 0) is 33.9 Å². The van der Waals surface area contributed by atoms with Crippen molar-refractivity contribution in [3.8, 4) is 0 Å². The van der Waals surface area contributed by atoms with Gasteiger partial charge in [-0.05, 0) is 28.5 Å². The minimum atomic E-state index is -0.795. The molecule has 0 saturated carbocycles.